The van der Waals surface area contributed by atoms with E-state index in [-0.39, 0.29) is 166 Å². The summed E-state index contributed by atoms with van der Waals surface area (Å²) >= 11 is 6.30. The topological polar surface area (TPSA) is 680 Å². The fourth-order valence-corrected chi connectivity index (χ4v) is 17.5. The number of H-pyrrole nitrogens is 1. The smallest absolute Gasteiger partial charge is 0.326 e. The molecule has 0 bridgehead atoms. The zero-order chi connectivity index (χ0) is 99.2. The van der Waals surface area contributed by atoms with Gasteiger partial charge in [-0.15, -0.1) is 0 Å². The Kier molecular flexibility index (Phi) is 43.8. The number of carboxylic acids is 2. The highest BCUT2D eigenvalue weighted by Crippen LogP contribution is 2.29. The molecule has 4 aliphatic heterocycles. The number of fused-ring (bicyclic) bond motifs is 1. The molecule has 1 aromatic heterocycles. The van der Waals surface area contributed by atoms with Crippen molar-refractivity contribution in [3.63, 3.8) is 0 Å². The number of aliphatic hydroxyl groups is 1. The monoisotopic (exact) mass is 1920 g/mol. The molecular weight excluding hydrogens is 1780 g/mol. The number of likely N-dealkylation sites (tertiary alicyclic amines) is 3. The van der Waals surface area contributed by atoms with Gasteiger partial charge in [0.05, 0.1) is 19.1 Å². The second-order valence-electron chi connectivity index (χ2n) is 35.9. The minimum absolute atomic E-state index is 0.0182. The van der Waals surface area contributed by atoms with Gasteiger partial charge in [-0.25, -0.2) is 4.79 Å². The number of aromatic nitrogens is 1. The van der Waals surface area contributed by atoms with Crippen molar-refractivity contribution in [3.05, 3.63) is 107 Å². The van der Waals surface area contributed by atoms with E-state index in [1.165, 1.54) is 9.80 Å². The van der Waals surface area contributed by atoms with Gasteiger partial charge in [-0.05, 0) is 189 Å². The van der Waals surface area contributed by atoms with Crippen molar-refractivity contribution in [1.29, 1.82) is 10.8 Å². The highest BCUT2D eigenvalue weighted by Gasteiger charge is 2.46. The Hall–Kier alpha value is -12.6. The fraction of sp³-hybridized carbons (Fsp3) is 0.587. The molecule has 4 aliphatic rings. The number of rotatable bonds is 55. The molecule has 136 heavy (non-hydrogen) atoms. The van der Waals surface area contributed by atoms with Gasteiger partial charge >= 0.3 is 11.9 Å². The Balaban J connectivity index is 0.964. The second-order valence-corrected chi connectivity index (χ2v) is 36.3. The summed E-state index contributed by atoms with van der Waals surface area (Å²) in [5.41, 5.74) is 25.4. The summed E-state index contributed by atoms with van der Waals surface area (Å²) in [6.07, 6.45) is 4.24. The van der Waals surface area contributed by atoms with E-state index in [9.17, 15) is 87.2 Å². The van der Waals surface area contributed by atoms with Gasteiger partial charge in [-0.2, -0.15) is 0 Å². The Morgan fingerprint density at radius 3 is 1.35 bits per heavy atom. The van der Waals surface area contributed by atoms with Crippen LogP contribution in [0.2, 0.25) is 5.02 Å². The van der Waals surface area contributed by atoms with E-state index in [1.807, 2.05) is 0 Å². The van der Waals surface area contributed by atoms with Gasteiger partial charge in [-0.1, -0.05) is 106 Å². The summed E-state index contributed by atoms with van der Waals surface area (Å²) in [5.74, 6) is -16.0. The quantitative estimate of drug-likeness (QED) is 0.0134. The second kappa shape index (κ2) is 54.8. The number of carboxylic acid groups (broad SMARTS) is 2. The Morgan fingerprint density at radius 1 is 0.449 bits per heavy atom. The van der Waals surface area contributed by atoms with E-state index >= 15 is 4.79 Å². The van der Waals surface area contributed by atoms with Crippen LogP contribution in [0.1, 0.15) is 179 Å². The van der Waals surface area contributed by atoms with Crippen LogP contribution < -0.4 is 97.4 Å². The molecule has 8 rings (SSSR count). The third-order valence-electron chi connectivity index (χ3n) is 24.3. The van der Waals surface area contributed by atoms with E-state index in [4.69, 9.17) is 45.4 Å². The number of aromatic amines is 1. The average Bonchev–Trinajstić information content (AvgIpc) is 1.65. The zero-order valence-corrected chi connectivity index (χ0v) is 78.4. The number of hydrogen-bond donors (Lipinski definition) is 24. The third kappa shape index (κ3) is 33.7. The number of guanidine groups is 2. The molecular formula is C92H137ClN24O19. The first-order valence-corrected chi connectivity index (χ1v) is 47.3. The normalized spacial score (nSPS) is 18.2. The maximum atomic E-state index is 15.1. The van der Waals surface area contributed by atoms with Crippen LogP contribution in [0, 0.1) is 22.7 Å². The van der Waals surface area contributed by atoms with Crippen molar-refractivity contribution in [2.45, 2.75) is 272 Å². The molecule has 3 aromatic carbocycles. The number of halogens is 1. The van der Waals surface area contributed by atoms with E-state index in [2.05, 4.69) is 79.4 Å². The molecule has 4 aromatic rings. The van der Waals surface area contributed by atoms with Crippen molar-refractivity contribution in [2.75, 3.05) is 59.0 Å². The molecule has 4 saturated heterocycles. The molecule has 28 N–H and O–H groups in total. The Bertz CT molecular complexity index is 4770. The number of unbranched alkanes of at least 4 members (excludes halogenated alkanes) is 2. The van der Waals surface area contributed by atoms with Crippen LogP contribution in [-0.2, 0) is 96.0 Å². The molecule has 14 amide bonds. The van der Waals surface area contributed by atoms with Gasteiger partial charge in [0.25, 0.3) is 0 Å². The molecule has 0 saturated carbocycles. The Morgan fingerprint density at radius 2 is 0.860 bits per heavy atom. The number of nitrogens with two attached hydrogens (primary N) is 4. The first kappa shape index (κ1) is 109. The molecule has 746 valence electrons. The van der Waals surface area contributed by atoms with Gasteiger partial charge in [0.1, 0.15) is 84.6 Å². The van der Waals surface area contributed by atoms with E-state index in [0.29, 0.717) is 72.3 Å². The Labute approximate surface area is 795 Å². The number of hydrogen-bond acceptors (Lipinski definition) is 22. The molecule has 44 heteroatoms. The molecule has 43 nitrogen and oxygen atoms in total. The van der Waals surface area contributed by atoms with Crippen molar-refractivity contribution in [2.24, 2.45) is 34.8 Å². The van der Waals surface area contributed by atoms with Crippen LogP contribution in [0.4, 0.5) is 0 Å². The lowest BCUT2D eigenvalue weighted by molar-refractivity contribution is -0.152. The lowest BCUT2D eigenvalue weighted by atomic mass is 10.00. The van der Waals surface area contributed by atoms with Crippen molar-refractivity contribution < 1.29 is 92.0 Å². The van der Waals surface area contributed by atoms with Crippen molar-refractivity contribution in [3.8, 4) is 0 Å². The van der Waals surface area contributed by atoms with E-state index in [1.54, 1.807) is 113 Å². The molecule has 0 aliphatic carbocycles. The number of benzene rings is 3. The van der Waals surface area contributed by atoms with Crippen molar-refractivity contribution in [1.82, 2.24) is 94.1 Å². The largest absolute Gasteiger partial charge is 0.481 e. The van der Waals surface area contributed by atoms with E-state index in [0.717, 1.165) is 16.7 Å². The van der Waals surface area contributed by atoms with Crippen LogP contribution in [0.15, 0.2) is 85.1 Å². The SMILES string of the molecule is CC(C)C[C@H](NC(=O)[C@H](CCCNC(=N)N)NC(=O)[C@H](Cc1c[nH]c2cc(Cl)ccc12)NC(=O)[C@@H]1CCCN1)C(=O)N[C@@H](CCCNC(=N)N)C(=O)N[C@@H](CCCCN)C(=O)N[C@@H](CC(C)C)C(=O)N1CCC[C@H]1C(=O)N[C@@H](CC(=O)O)C(=O)N[C@@H](CO)C(=O)N[C@@H](Cc1ccccc1)C(=O)N[C@@H](Cc1ccccc1)C(=O)N[C@@H](CCCCN)C(=O)N1CCC[C@H]1C(=O)N1CCC[C@H]1C(=O)O. The highest BCUT2D eigenvalue weighted by atomic mass is 35.5. The summed E-state index contributed by atoms with van der Waals surface area (Å²) in [6, 6.07) is 1.31. The minimum atomic E-state index is -2.00. The standard InChI is InChI=1S/C92H137ClN24O19/c1-52(2)43-65(108-78(123)62(29-17-39-102-92(98)99)106-83(128)68(111-76(121)59-27-15-37-100-59)47-56-50-103-64-48-57(93)33-34-58(56)64)80(125)105-61(28-16-38-101-91(96)97)77(122)104-60(25-11-13-35-94)79(124)113-70(44-53(3)4)88(133)115-40-18-30-72(115)86(131)112-69(49-75(119)120)84(129)114-71(51-118)85(130)110-67(46-55-23-9-6-10-24-55)82(127)109-66(45-54-21-7-5-8-22-54)81(126)107-63(26-12-14-36-95)87(132)116-41-19-31-73(116)89(134)117-42-20-32-74(117)90(135)136/h5-10,21-24,33-34,48,50,52-53,59-63,65-74,100,103,118H,11-20,25-32,35-47,49,51,94-95H2,1-4H3,(H,104,122)(H,105,125)(H,106,128)(H,107,126)(H,108,123)(H,109,127)(H,110,130)(H,111,121)(H,112,131)(H,113,124)(H,114,129)(H,119,120)(H,135,136)(H4,96,97,101)(H4,98,99,102)/t59-,60-,61-,62-,63-,65-,66-,67-,68-,69-,70-,71-,72-,73-,74-/m0/s1. The van der Waals surface area contributed by atoms with Gasteiger partial charge in [0.15, 0.2) is 11.9 Å². The molecule has 4 fully saturated rings. The lowest BCUT2D eigenvalue weighted by Crippen LogP contribution is -2.61. The lowest BCUT2D eigenvalue weighted by Gasteiger charge is -2.33. The van der Waals surface area contributed by atoms with Crippen molar-refractivity contribution >= 4 is 129 Å². The third-order valence-corrected chi connectivity index (χ3v) is 24.6. The van der Waals surface area contributed by atoms with Gasteiger partial charge in [0, 0.05) is 74.1 Å². The van der Waals surface area contributed by atoms with Crippen LogP contribution in [0.3, 0.4) is 0 Å². The van der Waals surface area contributed by atoms with Gasteiger partial charge in [-0.3, -0.25) is 82.7 Å². The predicted octanol–water partition coefficient (Wildman–Crippen LogP) is -1.66. The number of nitrogens with one attached hydrogen (secondary N) is 17. The average molecular weight is 1920 g/mol. The zero-order valence-electron chi connectivity index (χ0n) is 77.6. The summed E-state index contributed by atoms with van der Waals surface area (Å²) in [6.45, 7) is 7.28. The molecule has 0 spiro atoms. The minimum Gasteiger partial charge on any atom is -0.481 e. The number of aliphatic carboxylic acids is 2. The first-order valence-electron chi connectivity index (χ1n) is 46.9. The predicted molar refractivity (Wildman–Crippen MR) is 504 cm³/mol. The highest BCUT2D eigenvalue weighted by molar-refractivity contribution is 6.31. The number of amides is 14. The summed E-state index contributed by atoms with van der Waals surface area (Å²) in [7, 11) is 0. The van der Waals surface area contributed by atoms with Crippen LogP contribution >= 0.6 is 11.6 Å². The summed E-state index contributed by atoms with van der Waals surface area (Å²) in [4.78, 5) is 237. The first-order chi connectivity index (χ1) is 65.0. The number of nitrogens with zero attached hydrogens (tertiary/aromatic N) is 3. The van der Waals surface area contributed by atoms with Gasteiger partial charge in [0.2, 0.25) is 82.7 Å². The van der Waals surface area contributed by atoms with Crippen LogP contribution in [-0.4, -0.2) is 291 Å². The molecule has 0 unspecified atom stereocenters. The number of carbonyl (C=O) groups is 16. The maximum Gasteiger partial charge on any atom is 0.326 e. The van der Waals surface area contributed by atoms with Crippen LogP contribution in [0.5, 0.6) is 0 Å². The number of aliphatic hydroxyl groups excluding tert-OH is 1. The van der Waals surface area contributed by atoms with E-state index < -0.39 is 204 Å². The fourth-order valence-electron chi connectivity index (χ4n) is 17.3. The maximum absolute atomic E-state index is 15.1. The molecule has 5 heterocycles. The molecule has 0 radical (unpaired) electrons. The summed E-state index contributed by atoms with van der Waals surface area (Å²) in [5, 5.41) is 85.8. The molecule has 15 atom stereocenters. The number of carbonyl (C=O) groups excluding carboxylic acids is 14. The van der Waals surface area contributed by atoms with Gasteiger partial charge < -0.3 is 132 Å². The summed E-state index contributed by atoms with van der Waals surface area (Å²) < 4.78 is 0. The van der Waals surface area contributed by atoms with Crippen LogP contribution in [0.25, 0.3) is 10.9 Å².